The van der Waals surface area contributed by atoms with Crippen molar-refractivity contribution >= 4 is 45.7 Å². The summed E-state index contributed by atoms with van der Waals surface area (Å²) in [6.07, 6.45) is 1.08. The number of nitrogens with two attached hydrogens (primary N) is 1. The van der Waals surface area contributed by atoms with E-state index in [4.69, 9.17) is 5.73 Å². The number of aromatic nitrogens is 2. The zero-order valence-electron chi connectivity index (χ0n) is 11.9. The Morgan fingerprint density at radius 3 is 2.64 bits per heavy atom. The highest BCUT2D eigenvalue weighted by molar-refractivity contribution is 8.02. The van der Waals surface area contributed by atoms with E-state index in [2.05, 4.69) is 17.1 Å². The molecule has 2 N–H and O–H groups in total. The molecule has 1 aromatic heterocycles. The summed E-state index contributed by atoms with van der Waals surface area (Å²) in [6, 6.07) is 7.48. The maximum Gasteiger partial charge on any atom is 0.247 e. The lowest BCUT2D eigenvalue weighted by Crippen LogP contribution is -2.31. The van der Waals surface area contributed by atoms with E-state index in [-0.39, 0.29) is 18.2 Å². The van der Waals surface area contributed by atoms with Gasteiger partial charge in [-0.3, -0.25) is 9.59 Å². The largest absolute Gasteiger partial charge is 0.374 e. The normalized spacial score (nSPS) is 18.2. The van der Waals surface area contributed by atoms with Crippen molar-refractivity contribution in [1.29, 1.82) is 0 Å². The zero-order chi connectivity index (χ0) is 15.7. The SMILES string of the molecule is CCc1ccc(N2C(=O)C[C@@H](Sc3nnc(N)s3)C2=O)cc1. The molecule has 2 amide bonds. The maximum atomic E-state index is 12.5. The summed E-state index contributed by atoms with van der Waals surface area (Å²) in [5.74, 6) is -0.405. The van der Waals surface area contributed by atoms with Crippen molar-refractivity contribution in [3.8, 4) is 0 Å². The predicted octanol–water partition coefficient (Wildman–Crippen LogP) is 2.11. The van der Waals surface area contributed by atoms with Crippen LogP contribution in [0.25, 0.3) is 0 Å². The zero-order valence-corrected chi connectivity index (χ0v) is 13.5. The molecule has 1 atom stereocenters. The molecule has 1 aliphatic rings. The van der Waals surface area contributed by atoms with Crippen LogP contribution in [0, 0.1) is 0 Å². The van der Waals surface area contributed by atoms with Gasteiger partial charge in [0, 0.05) is 6.42 Å². The Morgan fingerprint density at radius 1 is 1.32 bits per heavy atom. The first-order chi connectivity index (χ1) is 10.6. The van der Waals surface area contributed by atoms with Crippen LogP contribution in [0.1, 0.15) is 18.9 Å². The van der Waals surface area contributed by atoms with Crippen LogP contribution in [0.5, 0.6) is 0 Å². The van der Waals surface area contributed by atoms with E-state index >= 15 is 0 Å². The van der Waals surface area contributed by atoms with Gasteiger partial charge in [0.1, 0.15) is 5.25 Å². The summed E-state index contributed by atoms with van der Waals surface area (Å²) in [5, 5.41) is 7.48. The molecule has 1 fully saturated rings. The first-order valence-corrected chi connectivity index (χ1v) is 8.49. The van der Waals surface area contributed by atoms with Crippen LogP contribution in [0.2, 0.25) is 0 Å². The molecule has 2 aromatic rings. The van der Waals surface area contributed by atoms with Crippen molar-refractivity contribution in [2.45, 2.75) is 29.4 Å². The van der Waals surface area contributed by atoms with E-state index in [1.54, 1.807) is 0 Å². The minimum absolute atomic E-state index is 0.165. The molecule has 114 valence electrons. The summed E-state index contributed by atoms with van der Waals surface area (Å²) in [4.78, 5) is 25.9. The number of rotatable bonds is 4. The van der Waals surface area contributed by atoms with Gasteiger partial charge in [-0.1, -0.05) is 42.2 Å². The van der Waals surface area contributed by atoms with E-state index in [1.807, 2.05) is 24.3 Å². The molecule has 0 radical (unpaired) electrons. The van der Waals surface area contributed by atoms with Gasteiger partial charge in [0.15, 0.2) is 4.34 Å². The Hall–Kier alpha value is -1.93. The second-order valence-electron chi connectivity index (χ2n) is 4.80. The number of carbonyl (C=O) groups excluding carboxylic acids is 2. The average Bonchev–Trinajstić information content (AvgIpc) is 3.03. The molecule has 0 unspecified atom stereocenters. The van der Waals surface area contributed by atoms with Gasteiger partial charge >= 0.3 is 0 Å². The number of nitrogen functional groups attached to an aromatic ring is 1. The fourth-order valence-corrected chi connectivity index (χ4v) is 4.14. The fraction of sp³-hybridized carbons (Fsp3) is 0.286. The Morgan fingerprint density at radius 2 is 2.05 bits per heavy atom. The van der Waals surface area contributed by atoms with Crippen molar-refractivity contribution in [1.82, 2.24) is 10.2 Å². The standard InChI is InChI=1S/C14H14N4O2S2/c1-2-8-3-5-9(6-4-8)18-11(19)7-10(12(18)20)21-14-17-16-13(15)22-14/h3-6,10H,2,7H2,1H3,(H2,15,16)/t10-/m1/s1. The van der Waals surface area contributed by atoms with Crippen LogP contribution in [0.15, 0.2) is 28.6 Å². The van der Waals surface area contributed by atoms with Gasteiger partial charge in [0.25, 0.3) is 0 Å². The summed E-state index contributed by atoms with van der Waals surface area (Å²) < 4.78 is 0.604. The van der Waals surface area contributed by atoms with Gasteiger partial charge in [-0.15, -0.1) is 10.2 Å². The first kappa shape index (κ1) is 15.0. The number of hydrogen-bond donors (Lipinski definition) is 1. The molecule has 1 aromatic carbocycles. The molecule has 3 rings (SSSR count). The van der Waals surface area contributed by atoms with E-state index in [0.29, 0.717) is 15.2 Å². The molecule has 0 bridgehead atoms. The third kappa shape index (κ3) is 2.84. The lowest BCUT2D eigenvalue weighted by Gasteiger charge is -2.15. The molecule has 22 heavy (non-hydrogen) atoms. The van der Waals surface area contributed by atoms with Crippen molar-refractivity contribution in [3.63, 3.8) is 0 Å². The van der Waals surface area contributed by atoms with Crippen molar-refractivity contribution in [3.05, 3.63) is 29.8 Å². The minimum atomic E-state index is -0.467. The van der Waals surface area contributed by atoms with Gasteiger partial charge in [-0.05, 0) is 24.1 Å². The number of benzene rings is 1. The molecular weight excluding hydrogens is 320 g/mol. The molecule has 2 heterocycles. The number of anilines is 2. The van der Waals surface area contributed by atoms with Crippen LogP contribution < -0.4 is 10.6 Å². The fourth-order valence-electron chi connectivity index (χ4n) is 2.24. The molecule has 6 nitrogen and oxygen atoms in total. The molecular formula is C14H14N4O2S2. The second kappa shape index (κ2) is 6.05. The highest BCUT2D eigenvalue weighted by Gasteiger charge is 2.40. The van der Waals surface area contributed by atoms with Gasteiger partial charge in [-0.2, -0.15) is 0 Å². The van der Waals surface area contributed by atoms with Crippen molar-refractivity contribution in [2.24, 2.45) is 0 Å². The topological polar surface area (TPSA) is 89.2 Å². The van der Waals surface area contributed by atoms with E-state index in [0.717, 1.165) is 12.0 Å². The lowest BCUT2D eigenvalue weighted by atomic mass is 10.1. The lowest BCUT2D eigenvalue weighted by molar-refractivity contribution is -0.121. The maximum absolute atomic E-state index is 12.5. The molecule has 1 aliphatic heterocycles. The Kier molecular flexibility index (Phi) is 4.12. The van der Waals surface area contributed by atoms with E-state index in [1.165, 1.54) is 28.0 Å². The molecule has 0 saturated carbocycles. The number of imide groups is 1. The highest BCUT2D eigenvalue weighted by Crippen LogP contribution is 2.35. The number of amides is 2. The van der Waals surface area contributed by atoms with Gasteiger partial charge in [0.2, 0.25) is 16.9 Å². The van der Waals surface area contributed by atoms with Crippen molar-refractivity contribution in [2.75, 3.05) is 10.6 Å². The van der Waals surface area contributed by atoms with Gasteiger partial charge in [-0.25, -0.2) is 4.90 Å². The Bertz CT molecular complexity index is 714. The minimum Gasteiger partial charge on any atom is -0.374 e. The summed E-state index contributed by atoms with van der Waals surface area (Å²) in [6.45, 7) is 2.06. The summed E-state index contributed by atoms with van der Waals surface area (Å²) in [7, 11) is 0. The van der Waals surface area contributed by atoms with Crippen LogP contribution in [0.3, 0.4) is 0 Å². The number of carbonyl (C=O) groups is 2. The summed E-state index contributed by atoms with van der Waals surface area (Å²) in [5.41, 5.74) is 7.31. The second-order valence-corrected chi connectivity index (χ2v) is 7.26. The van der Waals surface area contributed by atoms with Gasteiger partial charge in [0.05, 0.1) is 5.69 Å². The van der Waals surface area contributed by atoms with Gasteiger partial charge < -0.3 is 5.73 Å². The third-order valence-corrected chi connectivity index (χ3v) is 5.40. The van der Waals surface area contributed by atoms with Crippen LogP contribution in [-0.4, -0.2) is 27.3 Å². The molecule has 8 heteroatoms. The smallest absolute Gasteiger partial charge is 0.247 e. The van der Waals surface area contributed by atoms with E-state index < -0.39 is 5.25 Å². The Labute approximate surface area is 135 Å². The number of aryl methyl sites for hydroxylation is 1. The van der Waals surface area contributed by atoms with Crippen LogP contribution in [0.4, 0.5) is 10.8 Å². The third-order valence-electron chi connectivity index (χ3n) is 3.37. The van der Waals surface area contributed by atoms with Crippen LogP contribution >= 0.6 is 23.1 Å². The number of nitrogens with zero attached hydrogens (tertiary/aromatic N) is 3. The molecule has 1 saturated heterocycles. The van der Waals surface area contributed by atoms with Crippen LogP contribution in [-0.2, 0) is 16.0 Å². The number of hydrogen-bond acceptors (Lipinski definition) is 7. The Balaban J connectivity index is 1.78. The highest BCUT2D eigenvalue weighted by atomic mass is 32.2. The average molecular weight is 334 g/mol. The van der Waals surface area contributed by atoms with E-state index in [9.17, 15) is 9.59 Å². The molecule has 0 spiro atoms. The van der Waals surface area contributed by atoms with Crippen molar-refractivity contribution < 1.29 is 9.59 Å². The summed E-state index contributed by atoms with van der Waals surface area (Å²) >= 11 is 2.46. The number of thioether (sulfide) groups is 1. The first-order valence-electron chi connectivity index (χ1n) is 6.80. The monoisotopic (exact) mass is 334 g/mol. The predicted molar refractivity (Wildman–Crippen MR) is 86.9 cm³/mol. The molecule has 0 aliphatic carbocycles. The quantitative estimate of drug-likeness (QED) is 0.861.